The van der Waals surface area contributed by atoms with Crippen LogP contribution >= 0.6 is 15.9 Å². The van der Waals surface area contributed by atoms with Crippen LogP contribution in [-0.2, 0) is 20.8 Å². The molecule has 3 aromatic rings. The third-order valence-electron chi connectivity index (χ3n) is 6.71. The van der Waals surface area contributed by atoms with Gasteiger partial charge in [0.15, 0.2) is 17.6 Å². The Kier molecular flexibility index (Phi) is 6.80. The number of phenols is 1. The maximum absolute atomic E-state index is 13.8. The highest BCUT2D eigenvalue weighted by Crippen LogP contribution is 2.50. The summed E-state index contributed by atoms with van der Waals surface area (Å²) >= 11 is 3.34. The minimum absolute atomic E-state index is 0.112. The van der Waals surface area contributed by atoms with Crippen LogP contribution in [-0.4, -0.2) is 34.6 Å². The molecule has 2 fully saturated rings. The quantitative estimate of drug-likeness (QED) is 0.233. The summed E-state index contributed by atoms with van der Waals surface area (Å²) in [5.41, 5.74) is 2.16. The van der Waals surface area contributed by atoms with Gasteiger partial charge < -0.3 is 9.84 Å². The lowest BCUT2D eigenvalue weighted by Gasteiger charge is -2.29. The van der Waals surface area contributed by atoms with Crippen molar-refractivity contribution in [2.75, 3.05) is 16.6 Å². The molecule has 1 N–H and O–H groups in total. The first kappa shape index (κ1) is 25.7. The number of hydroxylamine groups is 1. The molecule has 196 valence electrons. The Bertz CT molecular complexity index is 1430. The number of nitro benzene ring substituents is 1. The van der Waals surface area contributed by atoms with Crippen LogP contribution in [0.5, 0.6) is 11.5 Å². The first-order valence-corrected chi connectivity index (χ1v) is 12.9. The molecule has 2 saturated heterocycles. The second-order valence-corrected chi connectivity index (χ2v) is 9.77. The van der Waals surface area contributed by atoms with Gasteiger partial charge in [-0.25, -0.2) is 9.96 Å². The normalized spacial score (nSPS) is 20.7. The Morgan fingerprint density at radius 1 is 1.05 bits per heavy atom. The van der Waals surface area contributed by atoms with E-state index in [2.05, 4.69) is 15.9 Å². The highest BCUT2D eigenvalue weighted by Gasteiger charge is 2.60. The number of halogens is 1. The van der Waals surface area contributed by atoms with Gasteiger partial charge in [0, 0.05) is 12.1 Å². The molecule has 11 heteroatoms. The van der Waals surface area contributed by atoms with Crippen molar-refractivity contribution >= 4 is 44.8 Å². The van der Waals surface area contributed by atoms with Gasteiger partial charge in [-0.2, -0.15) is 0 Å². The van der Waals surface area contributed by atoms with Crippen molar-refractivity contribution < 1.29 is 29.2 Å². The third kappa shape index (κ3) is 4.27. The number of fused-ring (bicyclic) bond motifs is 1. The van der Waals surface area contributed by atoms with Gasteiger partial charge in [0.05, 0.1) is 33.4 Å². The number of aryl methyl sites for hydroxylation is 1. The summed E-state index contributed by atoms with van der Waals surface area (Å²) in [5.74, 6) is -1.87. The Labute approximate surface area is 226 Å². The number of rotatable bonds is 7. The zero-order valence-electron chi connectivity index (χ0n) is 20.5. The molecule has 0 unspecified atom stereocenters. The number of benzene rings is 3. The number of nitrogens with zero attached hydrogens (tertiary/aromatic N) is 3. The summed E-state index contributed by atoms with van der Waals surface area (Å²) in [4.78, 5) is 45.5. The van der Waals surface area contributed by atoms with Gasteiger partial charge in [0.25, 0.3) is 11.6 Å². The summed E-state index contributed by atoms with van der Waals surface area (Å²) in [6.45, 7) is 4.06. The zero-order valence-corrected chi connectivity index (χ0v) is 22.1. The summed E-state index contributed by atoms with van der Waals surface area (Å²) in [5, 5.41) is 23.3. The van der Waals surface area contributed by atoms with Gasteiger partial charge in [-0.05, 0) is 70.7 Å². The number of ether oxygens (including phenoxy) is 1. The number of anilines is 2. The van der Waals surface area contributed by atoms with Crippen LogP contribution in [0.1, 0.15) is 31.0 Å². The van der Waals surface area contributed by atoms with Crippen molar-refractivity contribution in [3.63, 3.8) is 0 Å². The van der Waals surface area contributed by atoms with Crippen molar-refractivity contribution in [2.45, 2.75) is 32.4 Å². The van der Waals surface area contributed by atoms with Crippen molar-refractivity contribution in [3.05, 3.63) is 86.4 Å². The van der Waals surface area contributed by atoms with E-state index in [1.165, 1.54) is 23.3 Å². The molecule has 3 aromatic carbocycles. The van der Waals surface area contributed by atoms with E-state index in [9.17, 15) is 24.8 Å². The molecular weight excluding hydrogens is 558 g/mol. The molecule has 2 aliphatic heterocycles. The molecule has 10 nitrogen and oxygen atoms in total. The largest absolute Gasteiger partial charge is 0.503 e. The first-order chi connectivity index (χ1) is 18.2. The van der Waals surface area contributed by atoms with Gasteiger partial charge >= 0.3 is 0 Å². The van der Waals surface area contributed by atoms with E-state index in [4.69, 9.17) is 9.57 Å². The summed E-state index contributed by atoms with van der Waals surface area (Å²) in [6, 6.07) is 15.3. The van der Waals surface area contributed by atoms with Gasteiger partial charge in [-0.3, -0.25) is 24.5 Å². The number of amides is 2. The number of non-ortho nitro benzene ring substituents is 1. The van der Waals surface area contributed by atoms with Crippen molar-refractivity contribution in [3.8, 4) is 11.5 Å². The fraction of sp³-hybridized carbons (Fsp3) is 0.259. The van der Waals surface area contributed by atoms with E-state index in [-0.39, 0.29) is 23.8 Å². The Balaban J connectivity index is 1.62. The van der Waals surface area contributed by atoms with Gasteiger partial charge in [0.1, 0.15) is 5.92 Å². The highest BCUT2D eigenvalue weighted by molar-refractivity contribution is 9.10. The van der Waals surface area contributed by atoms with E-state index in [1.807, 2.05) is 19.1 Å². The minimum atomic E-state index is -1.15. The van der Waals surface area contributed by atoms with E-state index in [1.54, 1.807) is 37.3 Å². The average Bonchev–Trinajstić information content (AvgIpc) is 3.42. The lowest BCUT2D eigenvalue weighted by Crippen LogP contribution is -2.37. The smallest absolute Gasteiger partial charge is 0.271 e. The second kappa shape index (κ2) is 10.1. The molecule has 0 spiro atoms. The van der Waals surface area contributed by atoms with Gasteiger partial charge in [-0.15, -0.1) is 0 Å². The monoisotopic (exact) mass is 581 g/mol. The first-order valence-electron chi connectivity index (χ1n) is 12.1. The molecule has 0 aromatic heterocycles. The maximum Gasteiger partial charge on any atom is 0.271 e. The molecule has 0 saturated carbocycles. The Hall–Kier alpha value is -3.96. The number of phenolic OH excluding ortho intramolecular Hbond substituents is 1. The van der Waals surface area contributed by atoms with Crippen LogP contribution in [0.15, 0.2) is 65.1 Å². The molecule has 0 radical (unpaired) electrons. The fourth-order valence-electron chi connectivity index (χ4n) is 4.89. The van der Waals surface area contributed by atoms with Crippen LogP contribution in [0.2, 0.25) is 0 Å². The molecule has 0 aliphatic carbocycles. The van der Waals surface area contributed by atoms with Gasteiger partial charge in [-0.1, -0.05) is 25.1 Å². The number of carbonyl (C=O) groups excluding carboxylic acids is 2. The minimum Gasteiger partial charge on any atom is -0.503 e. The summed E-state index contributed by atoms with van der Waals surface area (Å²) < 4.78 is 5.91. The molecule has 2 aliphatic rings. The molecule has 3 atom stereocenters. The Morgan fingerprint density at radius 3 is 2.45 bits per heavy atom. The zero-order chi connectivity index (χ0) is 27.1. The predicted molar refractivity (Wildman–Crippen MR) is 142 cm³/mol. The molecule has 5 rings (SSSR count). The number of hydrogen-bond donors (Lipinski definition) is 1. The van der Waals surface area contributed by atoms with E-state index in [0.29, 0.717) is 21.4 Å². The number of aromatic hydroxyl groups is 1. The van der Waals surface area contributed by atoms with Crippen LogP contribution in [0.3, 0.4) is 0 Å². The fourth-order valence-corrected chi connectivity index (χ4v) is 5.35. The number of nitro groups is 1. The summed E-state index contributed by atoms with van der Waals surface area (Å²) in [6.07, 6.45) is -0.338. The van der Waals surface area contributed by atoms with E-state index >= 15 is 0 Å². The summed E-state index contributed by atoms with van der Waals surface area (Å²) in [7, 11) is 0. The molecule has 38 heavy (non-hydrogen) atoms. The maximum atomic E-state index is 13.8. The predicted octanol–water partition coefficient (Wildman–Crippen LogP) is 5.08. The lowest BCUT2D eigenvalue weighted by atomic mass is 9.90. The van der Waals surface area contributed by atoms with Crippen LogP contribution < -0.4 is 14.7 Å². The van der Waals surface area contributed by atoms with Crippen LogP contribution in [0, 0.1) is 16.0 Å². The van der Waals surface area contributed by atoms with Crippen molar-refractivity contribution in [1.82, 2.24) is 0 Å². The van der Waals surface area contributed by atoms with Crippen LogP contribution in [0.25, 0.3) is 0 Å². The van der Waals surface area contributed by atoms with Gasteiger partial charge in [0.2, 0.25) is 5.91 Å². The molecule has 0 bridgehead atoms. The number of imide groups is 1. The second-order valence-electron chi connectivity index (χ2n) is 8.91. The average molecular weight is 582 g/mol. The Morgan fingerprint density at radius 2 is 1.79 bits per heavy atom. The molecule has 2 amide bonds. The van der Waals surface area contributed by atoms with Crippen LogP contribution in [0.4, 0.5) is 17.1 Å². The van der Waals surface area contributed by atoms with E-state index in [0.717, 1.165) is 16.9 Å². The highest BCUT2D eigenvalue weighted by atomic mass is 79.9. The third-order valence-corrected chi connectivity index (χ3v) is 7.31. The number of carbonyl (C=O) groups is 2. The number of hydrogen-bond acceptors (Lipinski definition) is 8. The van der Waals surface area contributed by atoms with Crippen molar-refractivity contribution in [1.29, 1.82) is 0 Å². The molecular formula is C27H24BrN3O7. The lowest BCUT2D eigenvalue weighted by molar-refractivity contribution is -0.384. The topological polar surface area (TPSA) is 122 Å². The van der Waals surface area contributed by atoms with E-state index < -0.39 is 34.8 Å². The van der Waals surface area contributed by atoms with Crippen molar-refractivity contribution in [2.24, 2.45) is 5.92 Å². The molecule has 2 heterocycles. The standard InChI is InChI=1S/C27H24BrN3O7/c1-3-15-8-10-17(11-9-15)29-26(33)22-23(16-12-20(28)24(32)21(13-16)37-4-2)30(38-25(22)27(29)34)18-6-5-7-19(14-18)31(35)36/h5-14,22-23,25,32H,3-4H2,1-2H3/t22-,23-,25+/m1/s1. The SMILES string of the molecule is CCOc1cc([C@@H]2[C@H]3C(=O)N(c4ccc(CC)cc4)C(=O)[C@H]3ON2c2cccc([N+](=O)[O-])c2)cc(Br)c1O.